The first-order valence-electron chi connectivity index (χ1n) is 9.41. The molecule has 0 spiro atoms. The van der Waals surface area contributed by atoms with Crippen molar-refractivity contribution in [1.82, 2.24) is 19.5 Å². The summed E-state index contributed by atoms with van der Waals surface area (Å²) in [5, 5.41) is 10.4. The molecule has 7 nitrogen and oxygen atoms in total. The van der Waals surface area contributed by atoms with Crippen LogP contribution >= 0.6 is 0 Å². The van der Waals surface area contributed by atoms with Gasteiger partial charge in [-0.05, 0) is 48.9 Å². The number of nitrogens with one attached hydrogen (secondary N) is 1. The van der Waals surface area contributed by atoms with Gasteiger partial charge in [-0.2, -0.15) is 4.98 Å². The van der Waals surface area contributed by atoms with Gasteiger partial charge in [0.1, 0.15) is 5.75 Å². The van der Waals surface area contributed by atoms with Crippen molar-refractivity contribution in [2.45, 2.75) is 6.92 Å². The van der Waals surface area contributed by atoms with Crippen molar-refractivity contribution >= 4 is 27.9 Å². The molecule has 3 aromatic heterocycles. The Morgan fingerprint density at radius 2 is 2.00 bits per heavy atom. The number of carboxylic acids is 1. The fourth-order valence-corrected chi connectivity index (χ4v) is 3.54. The van der Waals surface area contributed by atoms with E-state index < -0.39 is 5.97 Å². The highest BCUT2D eigenvalue weighted by Crippen LogP contribution is 2.28. The van der Waals surface area contributed by atoms with Crippen LogP contribution in [0, 0.1) is 6.92 Å². The molecule has 0 fully saturated rings. The number of carboxylic acid groups (broad SMARTS) is 1. The topological polar surface area (TPSA) is 93.0 Å². The number of rotatable bonds is 4. The molecule has 0 aliphatic rings. The second-order valence-electron chi connectivity index (χ2n) is 7.21. The SMILES string of the molecule is Cc1ccc(Oc2nc3cc(-c4ccc5c(ccn5C)c4)ncc3[nH]2)cc1C(=O)O. The van der Waals surface area contributed by atoms with Gasteiger partial charge < -0.3 is 19.4 Å². The molecule has 2 N–H and O–H groups in total. The summed E-state index contributed by atoms with van der Waals surface area (Å²) in [6, 6.07) is 15.4. The van der Waals surface area contributed by atoms with E-state index in [2.05, 4.69) is 37.7 Å². The van der Waals surface area contributed by atoms with E-state index in [0.29, 0.717) is 16.8 Å². The number of pyridine rings is 1. The van der Waals surface area contributed by atoms with Crippen LogP contribution < -0.4 is 4.74 Å². The number of nitrogens with zero attached hydrogens (tertiary/aromatic N) is 3. The largest absolute Gasteiger partial charge is 0.478 e. The number of benzene rings is 2. The molecule has 5 aromatic rings. The van der Waals surface area contributed by atoms with Gasteiger partial charge in [0.15, 0.2) is 0 Å². The van der Waals surface area contributed by atoms with E-state index in [1.807, 2.05) is 25.4 Å². The summed E-state index contributed by atoms with van der Waals surface area (Å²) >= 11 is 0. The number of aryl methyl sites for hydroxylation is 2. The number of H-pyrrole nitrogens is 1. The number of hydrogen-bond acceptors (Lipinski definition) is 4. The Morgan fingerprint density at radius 3 is 2.83 bits per heavy atom. The van der Waals surface area contributed by atoms with Crippen LogP contribution in [0.25, 0.3) is 33.2 Å². The van der Waals surface area contributed by atoms with Crippen molar-refractivity contribution in [1.29, 1.82) is 0 Å². The van der Waals surface area contributed by atoms with Crippen LogP contribution in [-0.2, 0) is 7.05 Å². The molecule has 0 amide bonds. The average Bonchev–Trinajstić information content (AvgIpc) is 3.31. The molecule has 5 rings (SSSR count). The summed E-state index contributed by atoms with van der Waals surface area (Å²) < 4.78 is 7.83. The van der Waals surface area contributed by atoms with Gasteiger partial charge in [-0.25, -0.2) is 4.79 Å². The quantitative estimate of drug-likeness (QED) is 0.448. The lowest BCUT2D eigenvalue weighted by molar-refractivity contribution is 0.0695. The maximum atomic E-state index is 11.3. The first-order valence-corrected chi connectivity index (χ1v) is 9.41. The lowest BCUT2D eigenvalue weighted by Crippen LogP contribution is -2.00. The van der Waals surface area contributed by atoms with Crippen molar-refractivity contribution in [2.75, 3.05) is 0 Å². The Kier molecular flexibility index (Phi) is 4.03. The third kappa shape index (κ3) is 3.06. The van der Waals surface area contributed by atoms with Crippen molar-refractivity contribution in [3.63, 3.8) is 0 Å². The normalized spacial score (nSPS) is 11.3. The van der Waals surface area contributed by atoms with Gasteiger partial charge in [-0.1, -0.05) is 12.1 Å². The van der Waals surface area contributed by atoms with Crippen LogP contribution in [0.5, 0.6) is 11.8 Å². The molecule has 0 saturated heterocycles. The van der Waals surface area contributed by atoms with Crippen LogP contribution in [0.2, 0.25) is 0 Å². The van der Waals surface area contributed by atoms with Gasteiger partial charge in [0.05, 0.1) is 28.5 Å². The van der Waals surface area contributed by atoms with Crippen molar-refractivity contribution in [3.05, 3.63) is 72.1 Å². The summed E-state index contributed by atoms with van der Waals surface area (Å²) in [7, 11) is 2.02. The smallest absolute Gasteiger partial charge is 0.336 e. The number of aromatic carboxylic acids is 1. The zero-order valence-corrected chi connectivity index (χ0v) is 16.4. The minimum absolute atomic E-state index is 0.198. The van der Waals surface area contributed by atoms with E-state index in [4.69, 9.17) is 4.74 Å². The minimum Gasteiger partial charge on any atom is -0.478 e. The highest BCUT2D eigenvalue weighted by molar-refractivity contribution is 5.90. The van der Waals surface area contributed by atoms with E-state index in [1.54, 1.807) is 25.3 Å². The molecule has 0 aliphatic heterocycles. The third-order valence-corrected chi connectivity index (χ3v) is 5.18. The highest BCUT2D eigenvalue weighted by atomic mass is 16.5. The van der Waals surface area contributed by atoms with E-state index in [-0.39, 0.29) is 11.6 Å². The van der Waals surface area contributed by atoms with Gasteiger partial charge in [0.25, 0.3) is 6.01 Å². The van der Waals surface area contributed by atoms with Gasteiger partial charge in [0.2, 0.25) is 0 Å². The number of aromatic nitrogens is 4. The summed E-state index contributed by atoms with van der Waals surface area (Å²) in [6.07, 6.45) is 3.75. The molecule has 2 aromatic carbocycles. The molecule has 0 aliphatic carbocycles. The predicted octanol–water partition coefficient (Wildman–Crippen LogP) is 4.92. The molecule has 0 saturated carbocycles. The van der Waals surface area contributed by atoms with Crippen LogP contribution in [0.15, 0.2) is 60.9 Å². The first-order chi connectivity index (χ1) is 14.5. The fourth-order valence-electron chi connectivity index (χ4n) is 3.54. The van der Waals surface area contributed by atoms with E-state index in [0.717, 1.165) is 27.7 Å². The van der Waals surface area contributed by atoms with Crippen LogP contribution in [-0.4, -0.2) is 30.6 Å². The van der Waals surface area contributed by atoms with Crippen molar-refractivity contribution < 1.29 is 14.6 Å². The Bertz CT molecular complexity index is 1430. The molecule has 30 heavy (non-hydrogen) atoms. The molecule has 0 unspecified atom stereocenters. The number of carbonyl (C=O) groups is 1. The Labute approximate surface area is 171 Å². The van der Waals surface area contributed by atoms with E-state index >= 15 is 0 Å². The third-order valence-electron chi connectivity index (χ3n) is 5.18. The molecule has 0 bridgehead atoms. The standard InChI is InChI=1S/C23H18N4O3/c1-13-3-5-16(10-17(13)22(28)29)30-23-25-19-11-18(24-12-20(19)26-23)14-4-6-21-15(9-14)7-8-27(21)2/h3-12H,1-2H3,(H,25,26)(H,28,29). The van der Waals surface area contributed by atoms with Gasteiger partial charge in [-0.15, -0.1) is 0 Å². The monoisotopic (exact) mass is 398 g/mol. The Morgan fingerprint density at radius 1 is 1.13 bits per heavy atom. The maximum absolute atomic E-state index is 11.3. The predicted molar refractivity (Wildman–Crippen MR) is 114 cm³/mol. The number of ether oxygens (including phenoxy) is 1. The lowest BCUT2D eigenvalue weighted by atomic mass is 10.1. The summed E-state index contributed by atoms with van der Waals surface area (Å²) in [5.74, 6) is -0.591. The van der Waals surface area contributed by atoms with Crippen molar-refractivity contribution in [2.24, 2.45) is 7.05 Å². The molecular formula is C23H18N4O3. The van der Waals surface area contributed by atoms with E-state index in [1.165, 1.54) is 6.07 Å². The van der Waals surface area contributed by atoms with E-state index in [9.17, 15) is 9.90 Å². The number of aromatic amines is 1. The molecular weight excluding hydrogens is 380 g/mol. The lowest BCUT2D eigenvalue weighted by Gasteiger charge is -2.05. The van der Waals surface area contributed by atoms with Gasteiger partial charge >= 0.3 is 5.97 Å². The first kappa shape index (κ1) is 17.9. The zero-order valence-electron chi connectivity index (χ0n) is 16.4. The maximum Gasteiger partial charge on any atom is 0.336 e. The fraction of sp³-hybridized carbons (Fsp3) is 0.0870. The second kappa shape index (κ2) is 6.73. The number of hydrogen-bond donors (Lipinski definition) is 2. The Hall–Kier alpha value is -4.13. The zero-order chi connectivity index (χ0) is 20.8. The van der Waals surface area contributed by atoms with Gasteiger partial charge in [-0.3, -0.25) is 4.98 Å². The average molecular weight is 398 g/mol. The minimum atomic E-state index is -0.994. The second-order valence-corrected chi connectivity index (χ2v) is 7.21. The number of imidazole rings is 1. The highest BCUT2D eigenvalue weighted by Gasteiger charge is 2.12. The van der Waals surface area contributed by atoms with Crippen LogP contribution in [0.1, 0.15) is 15.9 Å². The van der Waals surface area contributed by atoms with Crippen molar-refractivity contribution in [3.8, 4) is 23.0 Å². The van der Waals surface area contributed by atoms with Crippen LogP contribution in [0.4, 0.5) is 0 Å². The molecule has 0 radical (unpaired) electrons. The molecule has 0 atom stereocenters. The molecule has 148 valence electrons. The Balaban J connectivity index is 1.48. The molecule has 3 heterocycles. The molecule has 7 heteroatoms. The van der Waals surface area contributed by atoms with Crippen LogP contribution in [0.3, 0.4) is 0 Å². The summed E-state index contributed by atoms with van der Waals surface area (Å²) in [6.45, 7) is 1.74. The summed E-state index contributed by atoms with van der Waals surface area (Å²) in [4.78, 5) is 23.4. The summed E-state index contributed by atoms with van der Waals surface area (Å²) in [5.41, 5.74) is 5.30. The van der Waals surface area contributed by atoms with Gasteiger partial charge in [0, 0.05) is 29.7 Å². The number of fused-ring (bicyclic) bond motifs is 2.